The molecule has 1 aliphatic rings. The Morgan fingerprint density at radius 3 is 2.83 bits per heavy atom. The number of carbonyl (C=O) groups excluding carboxylic acids is 1. The monoisotopic (exact) mass is 372 g/mol. The second-order valence-corrected chi connectivity index (χ2v) is 7.22. The maximum absolute atomic E-state index is 12.7. The summed E-state index contributed by atoms with van der Waals surface area (Å²) in [7, 11) is 1.89. The second kappa shape index (κ2) is 4.96. The van der Waals surface area contributed by atoms with E-state index in [1.165, 1.54) is 0 Å². The van der Waals surface area contributed by atoms with Gasteiger partial charge >= 0.3 is 0 Å². The Balaban J connectivity index is 1.64. The molecule has 0 atom stereocenters. The van der Waals surface area contributed by atoms with E-state index < -0.39 is 0 Å². The summed E-state index contributed by atoms with van der Waals surface area (Å²) in [5, 5.41) is 8.42. The third-order valence-electron chi connectivity index (χ3n) is 4.50. The van der Waals surface area contributed by atoms with Crippen molar-refractivity contribution in [3.05, 3.63) is 51.9 Å². The van der Waals surface area contributed by atoms with E-state index in [-0.39, 0.29) is 11.4 Å². The van der Waals surface area contributed by atoms with E-state index >= 15 is 0 Å². The molecular weight excluding hydrogens is 356 g/mol. The maximum Gasteiger partial charge on any atom is 0.268 e. The van der Waals surface area contributed by atoms with Gasteiger partial charge in [-0.1, -0.05) is 15.9 Å². The van der Waals surface area contributed by atoms with Gasteiger partial charge in [-0.15, -0.1) is 0 Å². The first-order valence-corrected chi connectivity index (χ1v) is 8.37. The highest BCUT2D eigenvalue weighted by molar-refractivity contribution is 9.10. The number of fused-ring (bicyclic) bond motifs is 1. The van der Waals surface area contributed by atoms with Crippen LogP contribution in [0.3, 0.4) is 0 Å². The van der Waals surface area contributed by atoms with Gasteiger partial charge in [-0.3, -0.25) is 9.48 Å². The lowest BCUT2D eigenvalue weighted by atomic mass is 10.1. The Morgan fingerprint density at radius 1 is 1.39 bits per heavy atom. The molecule has 1 amide bonds. The van der Waals surface area contributed by atoms with Crippen LogP contribution in [0.15, 0.2) is 35.1 Å². The zero-order chi connectivity index (χ0) is 16.2. The quantitative estimate of drug-likeness (QED) is 0.739. The summed E-state index contributed by atoms with van der Waals surface area (Å²) in [4.78, 5) is 15.9. The molecule has 3 aromatic rings. The van der Waals surface area contributed by atoms with E-state index in [1.807, 2.05) is 44.6 Å². The molecule has 4 rings (SSSR count). The molecule has 2 aromatic heterocycles. The van der Waals surface area contributed by atoms with Crippen molar-refractivity contribution in [2.24, 2.45) is 7.05 Å². The fourth-order valence-electron chi connectivity index (χ4n) is 3.07. The summed E-state index contributed by atoms with van der Waals surface area (Å²) in [6.45, 7) is 2.03. The first-order chi connectivity index (χ1) is 11.0. The van der Waals surface area contributed by atoms with E-state index in [2.05, 4.69) is 31.3 Å². The van der Waals surface area contributed by atoms with E-state index in [0.717, 1.165) is 39.3 Å². The van der Waals surface area contributed by atoms with Crippen molar-refractivity contribution in [3.8, 4) is 0 Å². The molecule has 0 radical (unpaired) electrons. The van der Waals surface area contributed by atoms with Gasteiger partial charge in [-0.25, -0.2) is 0 Å². The van der Waals surface area contributed by atoms with Gasteiger partial charge in [0.15, 0.2) is 0 Å². The molecule has 0 unspecified atom stereocenters. The number of H-pyrrole nitrogens is 1. The first-order valence-electron chi connectivity index (χ1n) is 7.57. The van der Waals surface area contributed by atoms with Crippen LogP contribution in [0.5, 0.6) is 0 Å². The van der Waals surface area contributed by atoms with Gasteiger partial charge in [0.05, 0.1) is 11.7 Å². The average molecular weight is 373 g/mol. The number of aromatic amines is 1. The number of nitrogens with one attached hydrogen (secondary N) is 2. The minimum absolute atomic E-state index is 0.0712. The third kappa shape index (κ3) is 2.47. The van der Waals surface area contributed by atoms with Gasteiger partial charge < -0.3 is 10.3 Å². The molecule has 6 heteroatoms. The molecule has 2 N–H and O–H groups in total. The standard InChI is InChI=1S/C17H17BrN4O/c1-10-5-13(18)6-11-7-14(20-15(10)11)16(23)21-17(3-4-17)12-8-19-22(2)9-12/h5-9,20H,3-4H2,1-2H3,(H,21,23). The molecule has 23 heavy (non-hydrogen) atoms. The fourth-order valence-corrected chi connectivity index (χ4v) is 3.66. The van der Waals surface area contributed by atoms with Crippen molar-refractivity contribution in [2.45, 2.75) is 25.3 Å². The average Bonchev–Trinajstić information content (AvgIpc) is 2.93. The Morgan fingerprint density at radius 2 is 2.17 bits per heavy atom. The molecule has 1 fully saturated rings. The zero-order valence-corrected chi connectivity index (χ0v) is 14.6. The highest BCUT2D eigenvalue weighted by atomic mass is 79.9. The predicted octanol–water partition coefficient (Wildman–Crippen LogP) is 3.39. The highest BCUT2D eigenvalue weighted by Crippen LogP contribution is 2.45. The number of carbonyl (C=O) groups is 1. The Bertz CT molecular complexity index is 920. The summed E-state index contributed by atoms with van der Waals surface area (Å²) in [5.41, 5.74) is 3.53. The molecule has 1 aromatic carbocycles. The third-order valence-corrected chi connectivity index (χ3v) is 4.95. The van der Waals surface area contributed by atoms with E-state index in [0.29, 0.717) is 5.69 Å². The number of rotatable bonds is 3. The van der Waals surface area contributed by atoms with E-state index in [4.69, 9.17) is 0 Å². The Kier molecular flexibility index (Phi) is 3.13. The van der Waals surface area contributed by atoms with Crippen LogP contribution in [0.4, 0.5) is 0 Å². The van der Waals surface area contributed by atoms with Crippen molar-refractivity contribution >= 4 is 32.7 Å². The van der Waals surface area contributed by atoms with Crippen LogP contribution >= 0.6 is 15.9 Å². The van der Waals surface area contributed by atoms with E-state index in [1.54, 1.807) is 4.68 Å². The lowest BCUT2D eigenvalue weighted by molar-refractivity contribution is 0.0926. The van der Waals surface area contributed by atoms with Gasteiger partial charge in [-0.2, -0.15) is 5.10 Å². The SMILES string of the molecule is Cc1cc(Br)cc2cc(C(=O)NC3(c4cnn(C)c4)CC3)[nH]c12. The largest absolute Gasteiger partial charge is 0.350 e. The number of aryl methyl sites for hydroxylation is 2. The molecule has 0 aliphatic heterocycles. The van der Waals surface area contributed by atoms with Crippen molar-refractivity contribution < 1.29 is 4.79 Å². The molecule has 2 heterocycles. The van der Waals surface area contributed by atoms with Gasteiger partial charge in [-0.05, 0) is 43.5 Å². The summed E-state index contributed by atoms with van der Waals surface area (Å²) in [5.74, 6) is -0.0712. The lowest BCUT2D eigenvalue weighted by Crippen LogP contribution is -2.34. The molecule has 5 nitrogen and oxygen atoms in total. The highest BCUT2D eigenvalue weighted by Gasteiger charge is 2.46. The number of nitrogens with zero attached hydrogens (tertiary/aromatic N) is 2. The summed E-state index contributed by atoms with van der Waals surface area (Å²) >= 11 is 3.50. The molecule has 0 bridgehead atoms. The topological polar surface area (TPSA) is 62.7 Å². The van der Waals surface area contributed by atoms with Crippen LogP contribution < -0.4 is 5.32 Å². The second-order valence-electron chi connectivity index (χ2n) is 6.31. The normalized spacial score (nSPS) is 15.8. The van der Waals surface area contributed by atoms with Crippen LogP contribution in [0.2, 0.25) is 0 Å². The molecule has 0 saturated heterocycles. The van der Waals surface area contributed by atoms with Gasteiger partial charge in [0, 0.05) is 34.2 Å². The summed E-state index contributed by atoms with van der Waals surface area (Å²) in [6.07, 6.45) is 5.71. The Hall–Kier alpha value is -2.08. The smallest absolute Gasteiger partial charge is 0.268 e. The van der Waals surface area contributed by atoms with Crippen LogP contribution in [-0.2, 0) is 12.6 Å². The van der Waals surface area contributed by atoms with Gasteiger partial charge in [0.25, 0.3) is 5.91 Å². The number of aromatic nitrogens is 3. The van der Waals surface area contributed by atoms with Crippen molar-refractivity contribution in [2.75, 3.05) is 0 Å². The van der Waals surface area contributed by atoms with Crippen molar-refractivity contribution in [1.29, 1.82) is 0 Å². The zero-order valence-electron chi connectivity index (χ0n) is 13.0. The lowest BCUT2D eigenvalue weighted by Gasteiger charge is -2.15. The molecule has 0 spiro atoms. The minimum Gasteiger partial charge on any atom is -0.350 e. The van der Waals surface area contributed by atoms with Crippen LogP contribution in [-0.4, -0.2) is 20.7 Å². The number of halogens is 1. The molecule has 1 saturated carbocycles. The number of hydrogen-bond acceptors (Lipinski definition) is 2. The molecular formula is C17H17BrN4O. The number of amides is 1. The van der Waals surface area contributed by atoms with Crippen LogP contribution in [0.25, 0.3) is 10.9 Å². The van der Waals surface area contributed by atoms with Gasteiger partial charge in [0.2, 0.25) is 0 Å². The van der Waals surface area contributed by atoms with Crippen LogP contribution in [0.1, 0.15) is 34.5 Å². The number of benzene rings is 1. The van der Waals surface area contributed by atoms with E-state index in [9.17, 15) is 4.79 Å². The Labute approximate surface area is 142 Å². The first kappa shape index (κ1) is 14.5. The predicted molar refractivity (Wildman–Crippen MR) is 92.3 cm³/mol. The number of hydrogen-bond donors (Lipinski definition) is 2. The molecule has 1 aliphatic carbocycles. The summed E-state index contributed by atoms with van der Waals surface area (Å²) in [6, 6.07) is 5.96. The van der Waals surface area contributed by atoms with Crippen molar-refractivity contribution in [1.82, 2.24) is 20.1 Å². The minimum atomic E-state index is -0.252. The fraction of sp³-hybridized carbons (Fsp3) is 0.294. The molecule has 118 valence electrons. The summed E-state index contributed by atoms with van der Waals surface area (Å²) < 4.78 is 2.79. The van der Waals surface area contributed by atoms with Crippen LogP contribution in [0, 0.1) is 6.92 Å². The maximum atomic E-state index is 12.7. The van der Waals surface area contributed by atoms with Crippen molar-refractivity contribution in [3.63, 3.8) is 0 Å². The van der Waals surface area contributed by atoms with Gasteiger partial charge in [0.1, 0.15) is 5.69 Å².